The summed E-state index contributed by atoms with van der Waals surface area (Å²) < 4.78 is 7.69. The summed E-state index contributed by atoms with van der Waals surface area (Å²) in [4.78, 5) is 22.8. The summed E-state index contributed by atoms with van der Waals surface area (Å²) in [6, 6.07) is 3.72. The van der Waals surface area contributed by atoms with Crippen molar-refractivity contribution >= 4 is 6.03 Å². The molecule has 24 heavy (non-hydrogen) atoms. The number of urea groups is 1. The van der Waals surface area contributed by atoms with Crippen LogP contribution in [0.15, 0.2) is 36.9 Å². The Kier molecular flexibility index (Phi) is 5.43. The molecule has 1 aliphatic rings. The number of fused-ring (bicyclic) bond motifs is 1. The lowest BCUT2D eigenvalue weighted by Crippen LogP contribution is -2.41. The van der Waals surface area contributed by atoms with Crippen LogP contribution in [0.4, 0.5) is 4.79 Å². The number of imidazole rings is 1. The van der Waals surface area contributed by atoms with E-state index in [2.05, 4.69) is 19.9 Å². The van der Waals surface area contributed by atoms with Crippen molar-refractivity contribution in [1.82, 2.24) is 24.8 Å². The number of ether oxygens (including phenoxy) is 1. The summed E-state index contributed by atoms with van der Waals surface area (Å²) in [5, 5.41) is 2.97. The second kappa shape index (κ2) is 7.92. The fourth-order valence-electron chi connectivity index (χ4n) is 2.88. The number of carbonyl (C=O) groups is 1. The summed E-state index contributed by atoms with van der Waals surface area (Å²) in [6.07, 6.45) is 7.22. The van der Waals surface area contributed by atoms with E-state index in [0.717, 1.165) is 17.9 Å². The third-order valence-electron chi connectivity index (χ3n) is 4.08. The minimum Gasteiger partial charge on any atom is -0.381 e. The summed E-state index contributed by atoms with van der Waals surface area (Å²) in [6.45, 7) is 5.75. The van der Waals surface area contributed by atoms with Gasteiger partial charge in [0.2, 0.25) is 0 Å². The third-order valence-corrected chi connectivity index (χ3v) is 4.08. The van der Waals surface area contributed by atoms with Gasteiger partial charge in [0.1, 0.15) is 5.82 Å². The lowest BCUT2D eigenvalue weighted by Gasteiger charge is -2.24. The van der Waals surface area contributed by atoms with Crippen molar-refractivity contribution in [3.63, 3.8) is 0 Å². The highest BCUT2D eigenvalue weighted by molar-refractivity contribution is 5.74. The molecule has 0 bridgehead atoms. The van der Waals surface area contributed by atoms with Crippen LogP contribution in [-0.4, -0.2) is 45.2 Å². The molecule has 0 saturated heterocycles. The predicted octanol–water partition coefficient (Wildman–Crippen LogP) is 1.66. The normalized spacial score (nSPS) is 17.2. The molecule has 3 heterocycles. The average Bonchev–Trinajstić information content (AvgIpc) is 2.96. The third kappa shape index (κ3) is 4.11. The van der Waals surface area contributed by atoms with E-state index < -0.39 is 0 Å². The molecule has 0 radical (unpaired) electrons. The molecule has 2 aromatic heterocycles. The first kappa shape index (κ1) is 16.4. The van der Waals surface area contributed by atoms with Crippen LogP contribution in [0.3, 0.4) is 0 Å². The maximum Gasteiger partial charge on any atom is 0.318 e. The fourth-order valence-corrected chi connectivity index (χ4v) is 2.88. The van der Waals surface area contributed by atoms with Crippen molar-refractivity contribution in [2.75, 3.05) is 19.8 Å². The number of hydrogen-bond acceptors (Lipinski definition) is 4. The topological polar surface area (TPSA) is 72.3 Å². The van der Waals surface area contributed by atoms with Crippen LogP contribution in [0.25, 0.3) is 0 Å². The van der Waals surface area contributed by atoms with Crippen LogP contribution < -0.4 is 5.32 Å². The van der Waals surface area contributed by atoms with E-state index in [9.17, 15) is 4.79 Å². The maximum absolute atomic E-state index is 12.6. The van der Waals surface area contributed by atoms with Crippen LogP contribution in [0, 0.1) is 5.92 Å². The van der Waals surface area contributed by atoms with Crippen molar-refractivity contribution < 1.29 is 9.53 Å². The summed E-state index contributed by atoms with van der Waals surface area (Å²) in [5.74, 6) is 1.16. The zero-order valence-electron chi connectivity index (χ0n) is 13.9. The molecule has 1 aliphatic heterocycles. The molecular formula is C17H23N5O2. The Morgan fingerprint density at radius 2 is 2.33 bits per heavy atom. The van der Waals surface area contributed by atoms with E-state index in [1.165, 1.54) is 0 Å². The van der Waals surface area contributed by atoms with Crippen LogP contribution in [-0.2, 0) is 24.4 Å². The average molecular weight is 329 g/mol. The van der Waals surface area contributed by atoms with Gasteiger partial charge in [0.15, 0.2) is 0 Å². The number of nitrogens with one attached hydrogen (secondary N) is 1. The van der Waals surface area contributed by atoms with E-state index >= 15 is 0 Å². The number of nitrogens with zero attached hydrogens (tertiary/aromatic N) is 4. The highest BCUT2D eigenvalue weighted by atomic mass is 16.5. The molecule has 1 N–H and O–H groups in total. The number of amides is 2. The smallest absolute Gasteiger partial charge is 0.318 e. The standard InChI is InChI=1S/C17H23N5O2/c1-2-24-13-15-10-21-7-6-19-16(21)12-22(11-15)17(23)20-9-14-4-3-5-18-8-14/h3-8,15H,2,9-13H2,1H3,(H,20,23). The fraction of sp³-hybridized carbons (Fsp3) is 0.471. The van der Waals surface area contributed by atoms with Gasteiger partial charge in [-0.2, -0.15) is 0 Å². The van der Waals surface area contributed by atoms with Crippen LogP contribution in [0.5, 0.6) is 0 Å². The van der Waals surface area contributed by atoms with Gasteiger partial charge in [0, 0.05) is 56.9 Å². The quantitative estimate of drug-likeness (QED) is 0.905. The van der Waals surface area contributed by atoms with Gasteiger partial charge in [-0.05, 0) is 18.6 Å². The van der Waals surface area contributed by atoms with E-state index in [1.54, 1.807) is 18.6 Å². The maximum atomic E-state index is 12.6. The van der Waals surface area contributed by atoms with E-state index in [-0.39, 0.29) is 11.9 Å². The SMILES string of the molecule is CCOCC1CN(C(=O)NCc2cccnc2)Cc2nccn2C1. The Bertz CT molecular complexity index is 658. The highest BCUT2D eigenvalue weighted by Gasteiger charge is 2.25. The van der Waals surface area contributed by atoms with Gasteiger partial charge in [-0.3, -0.25) is 4.98 Å². The number of rotatable bonds is 5. The summed E-state index contributed by atoms with van der Waals surface area (Å²) in [7, 11) is 0. The Morgan fingerprint density at radius 3 is 3.12 bits per heavy atom. The molecule has 0 saturated carbocycles. The molecule has 3 rings (SSSR count). The first-order valence-electron chi connectivity index (χ1n) is 8.25. The van der Waals surface area contributed by atoms with Gasteiger partial charge in [-0.25, -0.2) is 9.78 Å². The van der Waals surface area contributed by atoms with E-state index in [4.69, 9.17) is 4.74 Å². The second-order valence-corrected chi connectivity index (χ2v) is 5.92. The van der Waals surface area contributed by atoms with Gasteiger partial charge in [0.05, 0.1) is 13.2 Å². The Morgan fingerprint density at radius 1 is 1.42 bits per heavy atom. The van der Waals surface area contributed by atoms with Crippen LogP contribution in [0.1, 0.15) is 18.3 Å². The number of pyridine rings is 1. The monoisotopic (exact) mass is 329 g/mol. The number of aromatic nitrogens is 3. The summed E-state index contributed by atoms with van der Waals surface area (Å²) >= 11 is 0. The van der Waals surface area contributed by atoms with Crippen LogP contribution >= 0.6 is 0 Å². The van der Waals surface area contributed by atoms with Crippen molar-refractivity contribution in [2.45, 2.75) is 26.6 Å². The zero-order valence-corrected chi connectivity index (χ0v) is 13.9. The van der Waals surface area contributed by atoms with E-state index in [1.807, 2.05) is 30.2 Å². The molecular weight excluding hydrogens is 306 g/mol. The molecule has 0 spiro atoms. The molecule has 0 fully saturated rings. The Hall–Kier alpha value is -2.41. The minimum atomic E-state index is -0.0863. The van der Waals surface area contributed by atoms with Crippen LogP contribution in [0.2, 0.25) is 0 Å². The Labute approximate surface area is 141 Å². The lowest BCUT2D eigenvalue weighted by atomic mass is 10.1. The highest BCUT2D eigenvalue weighted by Crippen LogP contribution is 2.16. The molecule has 128 valence electrons. The number of carbonyl (C=O) groups excluding carboxylic acids is 1. The van der Waals surface area contributed by atoms with Gasteiger partial charge in [0.25, 0.3) is 0 Å². The number of hydrogen-bond donors (Lipinski definition) is 1. The molecule has 0 aromatic carbocycles. The zero-order chi connectivity index (χ0) is 16.8. The molecule has 2 aromatic rings. The Balaban J connectivity index is 1.65. The predicted molar refractivity (Wildman–Crippen MR) is 89.1 cm³/mol. The van der Waals surface area contributed by atoms with Gasteiger partial charge >= 0.3 is 6.03 Å². The minimum absolute atomic E-state index is 0.0863. The lowest BCUT2D eigenvalue weighted by molar-refractivity contribution is 0.0913. The molecule has 0 aliphatic carbocycles. The van der Waals surface area contributed by atoms with E-state index in [0.29, 0.717) is 32.8 Å². The first-order valence-corrected chi connectivity index (χ1v) is 8.25. The largest absolute Gasteiger partial charge is 0.381 e. The molecule has 2 amide bonds. The van der Waals surface area contributed by atoms with Gasteiger partial charge < -0.3 is 19.5 Å². The van der Waals surface area contributed by atoms with Crippen molar-refractivity contribution in [2.24, 2.45) is 5.92 Å². The van der Waals surface area contributed by atoms with Crippen molar-refractivity contribution in [3.8, 4) is 0 Å². The second-order valence-electron chi connectivity index (χ2n) is 5.92. The first-order chi connectivity index (χ1) is 11.8. The molecule has 7 heteroatoms. The molecule has 1 atom stereocenters. The van der Waals surface area contributed by atoms with Gasteiger partial charge in [-0.15, -0.1) is 0 Å². The molecule has 7 nitrogen and oxygen atoms in total. The summed E-state index contributed by atoms with van der Waals surface area (Å²) in [5.41, 5.74) is 0.980. The van der Waals surface area contributed by atoms with Gasteiger partial charge in [-0.1, -0.05) is 6.07 Å². The van der Waals surface area contributed by atoms with Crippen molar-refractivity contribution in [3.05, 3.63) is 48.3 Å². The van der Waals surface area contributed by atoms with Crippen molar-refractivity contribution in [1.29, 1.82) is 0 Å². The molecule has 1 unspecified atom stereocenters.